The molecule has 2 aliphatic rings. The highest BCUT2D eigenvalue weighted by atomic mass is 19.2. The van der Waals surface area contributed by atoms with E-state index in [1.807, 2.05) is 0 Å². The van der Waals surface area contributed by atoms with Crippen LogP contribution in [0.5, 0.6) is 0 Å². The first-order valence-corrected chi connectivity index (χ1v) is 9.01. The summed E-state index contributed by atoms with van der Waals surface area (Å²) < 4.78 is 26.4. The molecule has 0 aromatic heterocycles. The fourth-order valence-electron chi connectivity index (χ4n) is 4.19. The van der Waals surface area contributed by atoms with Gasteiger partial charge in [0.05, 0.1) is 0 Å². The van der Waals surface area contributed by atoms with Crippen LogP contribution in [0.25, 0.3) is 5.57 Å². The molecule has 2 heteroatoms. The summed E-state index contributed by atoms with van der Waals surface area (Å²) >= 11 is 0. The highest BCUT2D eigenvalue weighted by Gasteiger charge is 2.26. The van der Waals surface area contributed by atoms with Gasteiger partial charge in [-0.2, -0.15) is 0 Å². The number of hydrogen-bond acceptors (Lipinski definition) is 0. The smallest absolute Gasteiger partial charge is 0.159 e. The van der Waals surface area contributed by atoms with E-state index in [0.29, 0.717) is 5.92 Å². The van der Waals surface area contributed by atoms with Gasteiger partial charge in [-0.25, -0.2) is 8.78 Å². The van der Waals surface area contributed by atoms with E-state index >= 15 is 0 Å². The first kappa shape index (κ1) is 16.4. The van der Waals surface area contributed by atoms with Gasteiger partial charge in [0.25, 0.3) is 0 Å². The molecule has 0 spiro atoms. The average Bonchev–Trinajstić information content (AvgIpc) is 2.59. The number of halogens is 2. The zero-order chi connectivity index (χ0) is 16.2. The van der Waals surface area contributed by atoms with Crippen LogP contribution in [0.1, 0.15) is 57.4 Å². The molecule has 0 saturated heterocycles. The maximum atomic E-state index is 13.4. The van der Waals surface area contributed by atoms with E-state index in [4.69, 9.17) is 0 Å². The second kappa shape index (κ2) is 7.42. The van der Waals surface area contributed by atoms with Crippen LogP contribution < -0.4 is 0 Å². The summed E-state index contributed by atoms with van der Waals surface area (Å²) in [6, 6.07) is 4.16. The molecule has 0 N–H and O–H groups in total. The van der Waals surface area contributed by atoms with Gasteiger partial charge < -0.3 is 0 Å². The summed E-state index contributed by atoms with van der Waals surface area (Å²) in [6.45, 7) is 2.28. The zero-order valence-electron chi connectivity index (χ0n) is 13.9. The lowest BCUT2D eigenvalue weighted by atomic mass is 9.72. The average molecular weight is 316 g/mol. The Labute approximate surface area is 138 Å². The van der Waals surface area contributed by atoms with Crippen LogP contribution in [0.15, 0.2) is 36.4 Å². The lowest BCUT2D eigenvalue weighted by Gasteiger charge is -2.33. The maximum Gasteiger partial charge on any atom is 0.159 e. The van der Waals surface area contributed by atoms with E-state index in [-0.39, 0.29) is 0 Å². The third kappa shape index (κ3) is 3.91. The van der Waals surface area contributed by atoms with Crippen LogP contribution in [0.2, 0.25) is 0 Å². The second-order valence-corrected chi connectivity index (χ2v) is 7.12. The molecular weight excluding hydrogens is 290 g/mol. The molecule has 0 aliphatic heterocycles. The van der Waals surface area contributed by atoms with Crippen LogP contribution in [0.4, 0.5) is 8.78 Å². The van der Waals surface area contributed by atoms with E-state index in [0.717, 1.165) is 29.4 Å². The Bertz CT molecular complexity index is 592. The Morgan fingerprint density at radius 3 is 2.43 bits per heavy atom. The summed E-state index contributed by atoms with van der Waals surface area (Å²) in [4.78, 5) is 0. The van der Waals surface area contributed by atoms with Gasteiger partial charge in [0.2, 0.25) is 0 Å². The van der Waals surface area contributed by atoms with Crippen molar-refractivity contribution in [2.75, 3.05) is 0 Å². The van der Waals surface area contributed by atoms with E-state index in [1.54, 1.807) is 6.07 Å². The van der Waals surface area contributed by atoms with Crippen molar-refractivity contribution in [2.45, 2.75) is 51.9 Å². The molecule has 1 atom stereocenters. The van der Waals surface area contributed by atoms with Crippen molar-refractivity contribution in [1.29, 1.82) is 0 Å². The van der Waals surface area contributed by atoms with Gasteiger partial charge in [-0.15, -0.1) is 0 Å². The highest BCUT2D eigenvalue weighted by molar-refractivity contribution is 5.74. The largest absolute Gasteiger partial charge is 0.204 e. The summed E-state index contributed by atoms with van der Waals surface area (Å²) in [5.74, 6) is 0.801. The molecule has 0 heterocycles. The van der Waals surface area contributed by atoms with E-state index in [1.165, 1.54) is 50.7 Å². The Morgan fingerprint density at radius 2 is 1.83 bits per heavy atom. The molecule has 1 saturated carbocycles. The van der Waals surface area contributed by atoms with E-state index in [2.05, 4.69) is 25.2 Å². The maximum absolute atomic E-state index is 13.4. The molecule has 0 radical (unpaired) electrons. The normalized spacial score (nSPS) is 27.8. The minimum atomic E-state index is -0.782. The van der Waals surface area contributed by atoms with Crippen molar-refractivity contribution in [2.24, 2.45) is 17.8 Å². The predicted molar refractivity (Wildman–Crippen MR) is 91.9 cm³/mol. The Hall–Kier alpha value is -1.44. The van der Waals surface area contributed by atoms with Gasteiger partial charge in [0, 0.05) is 0 Å². The molecular formula is C21H26F2. The van der Waals surface area contributed by atoms with Crippen LogP contribution >= 0.6 is 0 Å². The molecule has 1 aromatic rings. The summed E-state index contributed by atoms with van der Waals surface area (Å²) in [5.41, 5.74) is 1.78. The Kier molecular flexibility index (Phi) is 5.30. The molecule has 124 valence electrons. The molecule has 1 unspecified atom stereocenters. The molecule has 0 nitrogen and oxygen atoms in total. The van der Waals surface area contributed by atoms with E-state index in [9.17, 15) is 8.78 Å². The van der Waals surface area contributed by atoms with Gasteiger partial charge in [-0.3, -0.25) is 0 Å². The van der Waals surface area contributed by atoms with Crippen molar-refractivity contribution in [1.82, 2.24) is 0 Å². The van der Waals surface area contributed by atoms with Crippen molar-refractivity contribution in [3.05, 3.63) is 53.6 Å². The number of allylic oxidation sites excluding steroid dienone is 4. The Balaban J connectivity index is 1.59. The van der Waals surface area contributed by atoms with Crippen LogP contribution in [-0.4, -0.2) is 0 Å². The molecule has 1 fully saturated rings. The van der Waals surface area contributed by atoms with Gasteiger partial charge in [-0.05, 0) is 60.3 Å². The quantitative estimate of drug-likeness (QED) is 0.592. The fourth-order valence-corrected chi connectivity index (χ4v) is 4.19. The lowest BCUT2D eigenvalue weighted by molar-refractivity contribution is 0.221. The number of rotatable bonds is 4. The third-order valence-corrected chi connectivity index (χ3v) is 5.58. The first-order chi connectivity index (χ1) is 11.2. The summed E-state index contributed by atoms with van der Waals surface area (Å²) in [7, 11) is 0. The van der Waals surface area contributed by atoms with Gasteiger partial charge >= 0.3 is 0 Å². The van der Waals surface area contributed by atoms with Crippen molar-refractivity contribution in [3.8, 4) is 0 Å². The summed E-state index contributed by atoms with van der Waals surface area (Å²) in [5, 5.41) is 0. The zero-order valence-corrected chi connectivity index (χ0v) is 13.9. The number of benzene rings is 1. The standard InChI is InChI=1S/C21H26F2/c1-2-3-15-4-6-16(7-5-15)17-8-10-18(11-9-17)19-12-13-20(22)21(23)14-19/h8,10-17H,2-7,9H2,1H3. The van der Waals surface area contributed by atoms with Crippen LogP contribution in [-0.2, 0) is 0 Å². The van der Waals surface area contributed by atoms with Crippen molar-refractivity contribution >= 4 is 5.57 Å². The fraction of sp³-hybridized carbons (Fsp3) is 0.524. The molecule has 3 rings (SSSR count). The predicted octanol–water partition coefficient (Wildman–Crippen LogP) is 6.53. The molecule has 23 heavy (non-hydrogen) atoms. The highest BCUT2D eigenvalue weighted by Crippen LogP contribution is 2.39. The van der Waals surface area contributed by atoms with Crippen LogP contribution in [0.3, 0.4) is 0 Å². The van der Waals surface area contributed by atoms with Crippen LogP contribution in [0, 0.1) is 29.4 Å². The second-order valence-electron chi connectivity index (χ2n) is 7.12. The topological polar surface area (TPSA) is 0 Å². The first-order valence-electron chi connectivity index (χ1n) is 9.01. The van der Waals surface area contributed by atoms with Gasteiger partial charge in [0.15, 0.2) is 11.6 Å². The minimum absolute atomic E-state index is 0.617. The molecule has 0 bridgehead atoms. The molecule has 2 aliphatic carbocycles. The molecule has 0 amide bonds. The molecule has 1 aromatic carbocycles. The number of hydrogen-bond donors (Lipinski definition) is 0. The summed E-state index contributed by atoms with van der Waals surface area (Å²) in [6.07, 6.45) is 15.7. The third-order valence-electron chi connectivity index (χ3n) is 5.58. The van der Waals surface area contributed by atoms with Crippen molar-refractivity contribution in [3.63, 3.8) is 0 Å². The van der Waals surface area contributed by atoms with Gasteiger partial charge in [0.1, 0.15) is 0 Å². The monoisotopic (exact) mass is 316 g/mol. The minimum Gasteiger partial charge on any atom is -0.204 e. The Morgan fingerprint density at radius 1 is 1.04 bits per heavy atom. The van der Waals surface area contributed by atoms with Gasteiger partial charge in [-0.1, -0.05) is 56.9 Å². The van der Waals surface area contributed by atoms with Crippen molar-refractivity contribution < 1.29 is 8.78 Å². The van der Waals surface area contributed by atoms with E-state index < -0.39 is 11.6 Å². The SMILES string of the molecule is CCCC1CCC(C2C=CC(c3ccc(F)c(F)c3)=CC2)CC1. The lowest BCUT2D eigenvalue weighted by Crippen LogP contribution is -2.21.